The molecule has 1 saturated carbocycles. The van der Waals surface area contributed by atoms with E-state index in [2.05, 4.69) is 10.0 Å². The Hall–Kier alpha value is -2.92. The minimum absolute atomic E-state index is 0.00136. The third kappa shape index (κ3) is 7.04. The Morgan fingerprint density at radius 2 is 1.71 bits per heavy atom. The molecule has 2 amide bonds. The lowest BCUT2D eigenvalue weighted by Gasteiger charge is -2.21. The van der Waals surface area contributed by atoms with Gasteiger partial charge in [-0.2, -0.15) is 13.2 Å². The first kappa shape index (κ1) is 25.7. The van der Waals surface area contributed by atoms with Gasteiger partial charge in [0.15, 0.2) is 0 Å². The molecule has 0 aromatic heterocycles. The van der Waals surface area contributed by atoms with Crippen molar-refractivity contribution in [3.63, 3.8) is 0 Å². The predicted molar refractivity (Wildman–Crippen MR) is 120 cm³/mol. The van der Waals surface area contributed by atoms with E-state index in [4.69, 9.17) is 0 Å². The molecule has 0 atom stereocenters. The number of halogens is 3. The molecular weight excluding hydrogens is 471 g/mol. The third-order valence-corrected chi connectivity index (χ3v) is 6.87. The Bertz CT molecular complexity index is 1130. The highest BCUT2D eigenvalue weighted by Gasteiger charge is 2.33. The Morgan fingerprint density at radius 1 is 1.06 bits per heavy atom. The molecule has 11 heteroatoms. The largest absolute Gasteiger partial charge is 0.418 e. The average Bonchev–Trinajstić information content (AvgIpc) is 3.59. The second kappa shape index (κ2) is 10.6. The number of hydrogen-bond donors (Lipinski definition) is 2. The Morgan fingerprint density at radius 3 is 2.29 bits per heavy atom. The fourth-order valence-electron chi connectivity index (χ4n) is 3.31. The van der Waals surface area contributed by atoms with Gasteiger partial charge in [0.1, 0.15) is 0 Å². The summed E-state index contributed by atoms with van der Waals surface area (Å²) in [5, 5.41) is 2.23. The number of hydrogen-bond acceptors (Lipinski definition) is 4. The monoisotopic (exact) mass is 497 g/mol. The molecule has 2 N–H and O–H groups in total. The van der Waals surface area contributed by atoms with Crippen LogP contribution in [0.25, 0.3) is 0 Å². The first-order valence-corrected chi connectivity index (χ1v) is 12.3. The van der Waals surface area contributed by atoms with Crippen LogP contribution in [0.15, 0.2) is 53.4 Å². The lowest BCUT2D eigenvalue weighted by molar-refractivity contribution is -0.137. The SMILES string of the molecule is CCN(CC(=O)Nc1ccccc1C(F)(F)F)C(=O)CCc1ccc(S(=O)(=O)NC2CC2)cc1. The highest BCUT2D eigenvalue weighted by Crippen LogP contribution is 2.34. The van der Waals surface area contributed by atoms with E-state index in [-0.39, 0.29) is 42.0 Å². The Balaban J connectivity index is 1.54. The number of nitrogens with one attached hydrogen (secondary N) is 2. The summed E-state index contributed by atoms with van der Waals surface area (Å²) in [6, 6.07) is 10.9. The average molecular weight is 498 g/mol. The van der Waals surface area contributed by atoms with Crippen molar-refractivity contribution in [1.82, 2.24) is 9.62 Å². The molecule has 1 aliphatic rings. The normalized spacial score (nSPS) is 14.0. The zero-order chi connectivity index (χ0) is 24.9. The van der Waals surface area contributed by atoms with Gasteiger partial charge in [-0.25, -0.2) is 13.1 Å². The van der Waals surface area contributed by atoms with E-state index in [1.54, 1.807) is 19.1 Å². The number of sulfonamides is 1. The minimum atomic E-state index is -4.62. The number of anilines is 1. The maximum atomic E-state index is 13.1. The number of nitrogens with zero attached hydrogens (tertiary/aromatic N) is 1. The molecule has 184 valence electrons. The number of carbonyl (C=O) groups is 2. The van der Waals surface area contributed by atoms with Crippen LogP contribution in [0.5, 0.6) is 0 Å². The van der Waals surface area contributed by atoms with E-state index < -0.39 is 27.7 Å². The lowest BCUT2D eigenvalue weighted by Crippen LogP contribution is -2.38. The number of aryl methyl sites for hydroxylation is 1. The van der Waals surface area contributed by atoms with Gasteiger partial charge in [0.25, 0.3) is 0 Å². The van der Waals surface area contributed by atoms with Gasteiger partial charge < -0.3 is 10.2 Å². The predicted octanol–water partition coefficient (Wildman–Crippen LogP) is 3.57. The summed E-state index contributed by atoms with van der Waals surface area (Å²) in [7, 11) is -3.55. The molecular formula is C23H26F3N3O4S. The van der Waals surface area contributed by atoms with E-state index >= 15 is 0 Å². The number of rotatable bonds is 10. The number of alkyl halides is 3. The topological polar surface area (TPSA) is 95.6 Å². The fraction of sp³-hybridized carbons (Fsp3) is 0.391. The fourth-order valence-corrected chi connectivity index (χ4v) is 4.62. The van der Waals surface area contributed by atoms with Crippen LogP contribution in [0, 0.1) is 0 Å². The summed E-state index contributed by atoms with van der Waals surface area (Å²) >= 11 is 0. The van der Waals surface area contributed by atoms with Crippen LogP contribution in [-0.2, 0) is 32.2 Å². The van der Waals surface area contributed by atoms with Gasteiger partial charge in [-0.05, 0) is 56.0 Å². The molecule has 1 fully saturated rings. The van der Waals surface area contributed by atoms with E-state index in [9.17, 15) is 31.2 Å². The maximum Gasteiger partial charge on any atom is 0.418 e. The van der Waals surface area contributed by atoms with Crippen LogP contribution in [0.1, 0.15) is 37.3 Å². The van der Waals surface area contributed by atoms with Gasteiger partial charge in [0.2, 0.25) is 21.8 Å². The van der Waals surface area contributed by atoms with Crippen LogP contribution in [0.3, 0.4) is 0 Å². The summed E-state index contributed by atoms with van der Waals surface area (Å²) in [4.78, 5) is 26.3. The van der Waals surface area contributed by atoms with Crippen molar-refractivity contribution in [1.29, 1.82) is 0 Å². The molecule has 0 aliphatic heterocycles. The summed E-state index contributed by atoms with van der Waals surface area (Å²) in [5.74, 6) is -1.07. The van der Waals surface area contributed by atoms with Crippen molar-refractivity contribution in [2.24, 2.45) is 0 Å². The molecule has 0 unspecified atom stereocenters. The number of benzene rings is 2. The standard InChI is InChI=1S/C23H26F3N3O4S/c1-2-29(15-21(30)27-20-6-4-3-5-19(20)23(24,25)26)22(31)14-9-16-7-12-18(13-8-16)34(32,33)28-17-10-11-17/h3-8,12-13,17,28H,2,9-11,14-15H2,1H3,(H,27,30). The van der Waals surface area contributed by atoms with Gasteiger partial charge in [-0.1, -0.05) is 24.3 Å². The lowest BCUT2D eigenvalue weighted by atomic mass is 10.1. The minimum Gasteiger partial charge on any atom is -0.334 e. The molecule has 2 aromatic rings. The van der Waals surface area contributed by atoms with Crippen LogP contribution in [0.2, 0.25) is 0 Å². The van der Waals surface area contributed by atoms with Crippen LogP contribution >= 0.6 is 0 Å². The molecule has 7 nitrogen and oxygen atoms in total. The molecule has 0 radical (unpaired) electrons. The molecule has 0 heterocycles. The maximum absolute atomic E-state index is 13.1. The van der Waals surface area contributed by atoms with Crippen LogP contribution < -0.4 is 10.0 Å². The Kier molecular flexibility index (Phi) is 7.98. The molecule has 2 aromatic carbocycles. The molecule has 3 rings (SSSR count). The zero-order valence-corrected chi connectivity index (χ0v) is 19.4. The van der Waals surface area contributed by atoms with E-state index in [1.807, 2.05) is 0 Å². The van der Waals surface area contributed by atoms with Crippen molar-refractivity contribution in [3.8, 4) is 0 Å². The zero-order valence-electron chi connectivity index (χ0n) is 18.6. The van der Waals surface area contributed by atoms with Gasteiger partial charge in [-0.15, -0.1) is 0 Å². The number of likely N-dealkylation sites (N-methyl/N-ethyl adjacent to an activating group) is 1. The van der Waals surface area contributed by atoms with Crippen molar-refractivity contribution >= 4 is 27.5 Å². The van der Waals surface area contributed by atoms with E-state index in [0.29, 0.717) is 6.42 Å². The summed E-state index contributed by atoms with van der Waals surface area (Å²) in [6.45, 7) is 1.49. The molecule has 1 aliphatic carbocycles. The second-order valence-electron chi connectivity index (χ2n) is 8.04. The van der Waals surface area contributed by atoms with E-state index in [0.717, 1.165) is 30.5 Å². The number of carbonyl (C=O) groups excluding carboxylic acids is 2. The van der Waals surface area contributed by atoms with Gasteiger partial charge in [0, 0.05) is 19.0 Å². The molecule has 34 heavy (non-hydrogen) atoms. The van der Waals surface area contributed by atoms with Crippen molar-refractivity contribution < 1.29 is 31.2 Å². The first-order valence-electron chi connectivity index (χ1n) is 10.8. The van der Waals surface area contributed by atoms with Crippen molar-refractivity contribution in [2.45, 2.75) is 49.7 Å². The van der Waals surface area contributed by atoms with Crippen molar-refractivity contribution in [3.05, 3.63) is 59.7 Å². The first-order chi connectivity index (χ1) is 16.0. The van der Waals surface area contributed by atoms with Gasteiger partial charge in [-0.3, -0.25) is 9.59 Å². The molecule has 0 spiro atoms. The van der Waals surface area contributed by atoms with Crippen LogP contribution in [0.4, 0.5) is 18.9 Å². The Labute approximate surface area is 196 Å². The summed E-state index contributed by atoms with van der Waals surface area (Å²) < 4.78 is 66.4. The summed E-state index contributed by atoms with van der Waals surface area (Å²) in [5.41, 5.74) is -0.580. The third-order valence-electron chi connectivity index (χ3n) is 5.34. The second-order valence-corrected chi connectivity index (χ2v) is 9.75. The highest BCUT2D eigenvalue weighted by atomic mass is 32.2. The van der Waals surface area contributed by atoms with Gasteiger partial charge >= 0.3 is 6.18 Å². The smallest absolute Gasteiger partial charge is 0.334 e. The highest BCUT2D eigenvalue weighted by molar-refractivity contribution is 7.89. The molecule has 0 saturated heterocycles. The summed E-state index contributed by atoms with van der Waals surface area (Å²) in [6.07, 6.45) is -2.57. The number of para-hydroxylation sites is 1. The van der Waals surface area contributed by atoms with E-state index in [1.165, 1.54) is 29.2 Å². The van der Waals surface area contributed by atoms with Crippen molar-refractivity contribution in [2.75, 3.05) is 18.4 Å². The molecule has 0 bridgehead atoms. The van der Waals surface area contributed by atoms with Crippen LogP contribution in [-0.4, -0.2) is 44.3 Å². The number of amides is 2. The quantitative estimate of drug-likeness (QED) is 0.525. The van der Waals surface area contributed by atoms with Gasteiger partial charge in [0.05, 0.1) is 22.7 Å².